The second-order valence-corrected chi connectivity index (χ2v) is 9.17. The molecule has 0 saturated heterocycles. The Labute approximate surface area is 198 Å². The Morgan fingerprint density at radius 2 is 2.06 bits per heavy atom. The zero-order valence-corrected chi connectivity index (χ0v) is 19.7. The van der Waals surface area contributed by atoms with E-state index in [-0.39, 0.29) is 38.9 Å². The monoisotopic (exact) mass is 531 g/mol. The molecule has 4 aromatic rings. The van der Waals surface area contributed by atoms with Crippen LogP contribution in [-0.4, -0.2) is 28.3 Å². The number of carbonyl (C=O) groups is 1. The number of amides is 1. The fourth-order valence-corrected chi connectivity index (χ4v) is 5.11. The van der Waals surface area contributed by atoms with Crippen molar-refractivity contribution in [2.75, 3.05) is 12.0 Å². The normalized spacial score (nSPS) is 15.3. The van der Waals surface area contributed by atoms with Crippen molar-refractivity contribution in [3.8, 4) is 11.5 Å². The molecule has 33 heavy (non-hydrogen) atoms. The molecule has 0 bridgehead atoms. The molecule has 1 aliphatic rings. The number of benzene rings is 2. The van der Waals surface area contributed by atoms with Gasteiger partial charge in [-0.25, -0.2) is 4.39 Å². The van der Waals surface area contributed by atoms with Gasteiger partial charge in [0.25, 0.3) is 5.91 Å². The molecule has 0 radical (unpaired) electrons. The van der Waals surface area contributed by atoms with Gasteiger partial charge in [-0.1, -0.05) is 18.3 Å². The van der Waals surface area contributed by atoms with E-state index in [9.17, 15) is 19.1 Å². The van der Waals surface area contributed by atoms with E-state index in [1.807, 2.05) is 6.92 Å². The molecule has 11 heteroatoms. The standard InChI is InChI=1S/C22H15BrFN3O5S/c1-3-15-25-26-22(33-15)27-17(9-6-12(23)19(29)14(7-9)31-2)16-18(28)11-8-10(24)4-5-13(11)32-20(16)21(27)30/h4-8,17,29H,3H2,1-2H3. The SMILES string of the molecule is CCc1nnc(N2C(=O)c3oc4ccc(F)cc4c(=O)c3C2c2cc(Br)c(O)c(OC)c2)s1. The first-order valence-corrected chi connectivity index (χ1v) is 11.4. The zero-order chi connectivity index (χ0) is 23.4. The van der Waals surface area contributed by atoms with Gasteiger partial charge < -0.3 is 14.3 Å². The number of methoxy groups -OCH3 is 1. The number of anilines is 1. The van der Waals surface area contributed by atoms with Gasteiger partial charge in [0.2, 0.25) is 10.9 Å². The minimum atomic E-state index is -0.958. The number of phenolic OH excluding ortho intramolecular Hbond substituents is 1. The molecule has 5 rings (SSSR count). The maximum absolute atomic E-state index is 13.9. The van der Waals surface area contributed by atoms with Crippen LogP contribution in [0.2, 0.25) is 0 Å². The average molecular weight is 532 g/mol. The van der Waals surface area contributed by atoms with Crippen LogP contribution in [0.15, 0.2) is 44.0 Å². The zero-order valence-electron chi connectivity index (χ0n) is 17.3. The van der Waals surface area contributed by atoms with Gasteiger partial charge in [0.15, 0.2) is 16.9 Å². The molecule has 0 fully saturated rings. The highest BCUT2D eigenvalue weighted by atomic mass is 79.9. The number of hydrogen-bond acceptors (Lipinski definition) is 8. The minimum absolute atomic E-state index is 0.0183. The van der Waals surface area contributed by atoms with Gasteiger partial charge >= 0.3 is 0 Å². The van der Waals surface area contributed by atoms with Gasteiger partial charge in [-0.3, -0.25) is 14.5 Å². The number of carbonyl (C=O) groups excluding carboxylic acids is 1. The van der Waals surface area contributed by atoms with Crippen molar-refractivity contribution in [3.05, 3.63) is 72.7 Å². The van der Waals surface area contributed by atoms with E-state index in [0.717, 1.165) is 12.1 Å². The van der Waals surface area contributed by atoms with Gasteiger partial charge in [-0.05, 0) is 58.2 Å². The number of aromatic nitrogens is 2. The number of nitrogens with zero attached hydrogens (tertiary/aromatic N) is 3. The van der Waals surface area contributed by atoms with Crippen molar-refractivity contribution in [2.24, 2.45) is 0 Å². The van der Waals surface area contributed by atoms with Gasteiger partial charge in [-0.15, -0.1) is 10.2 Å². The third-order valence-electron chi connectivity index (χ3n) is 5.38. The Morgan fingerprint density at radius 1 is 1.27 bits per heavy atom. The lowest BCUT2D eigenvalue weighted by molar-refractivity contribution is 0.0970. The fraction of sp³-hybridized carbons (Fsp3) is 0.182. The predicted octanol–water partition coefficient (Wildman–Crippen LogP) is 4.57. The first-order valence-electron chi connectivity index (χ1n) is 9.82. The first-order chi connectivity index (χ1) is 15.8. The topological polar surface area (TPSA) is 106 Å². The lowest BCUT2D eigenvalue weighted by atomic mass is 9.98. The number of aryl methyl sites for hydroxylation is 1. The number of ether oxygens (including phenoxy) is 1. The molecule has 168 valence electrons. The summed E-state index contributed by atoms with van der Waals surface area (Å²) in [7, 11) is 1.39. The highest BCUT2D eigenvalue weighted by Crippen LogP contribution is 2.45. The van der Waals surface area contributed by atoms with Gasteiger partial charge in [-0.2, -0.15) is 0 Å². The number of aromatic hydroxyl groups is 1. The number of fused-ring (bicyclic) bond motifs is 2. The van der Waals surface area contributed by atoms with Crippen molar-refractivity contribution in [1.82, 2.24) is 10.2 Å². The number of rotatable bonds is 4. The molecular weight excluding hydrogens is 517 g/mol. The second-order valence-electron chi connectivity index (χ2n) is 7.28. The summed E-state index contributed by atoms with van der Waals surface area (Å²) in [5, 5.41) is 19.5. The Kier molecular flexibility index (Phi) is 5.17. The van der Waals surface area contributed by atoms with Crippen molar-refractivity contribution >= 4 is 49.3 Å². The van der Waals surface area contributed by atoms with E-state index in [1.54, 1.807) is 6.07 Å². The lowest BCUT2D eigenvalue weighted by Gasteiger charge is -2.23. The van der Waals surface area contributed by atoms with Crippen LogP contribution in [0.4, 0.5) is 9.52 Å². The molecule has 0 spiro atoms. The third-order valence-corrected chi connectivity index (χ3v) is 7.05. The van der Waals surface area contributed by atoms with Crippen LogP contribution < -0.4 is 15.1 Å². The summed E-state index contributed by atoms with van der Waals surface area (Å²) in [6.07, 6.45) is 0.621. The Hall–Kier alpha value is -3.31. The van der Waals surface area contributed by atoms with Crippen molar-refractivity contribution in [3.63, 3.8) is 0 Å². The summed E-state index contributed by atoms with van der Waals surface area (Å²) in [6, 6.07) is 5.70. The van der Waals surface area contributed by atoms with E-state index >= 15 is 0 Å². The van der Waals surface area contributed by atoms with Crippen LogP contribution in [0.5, 0.6) is 11.5 Å². The van der Waals surface area contributed by atoms with Crippen LogP contribution in [0.3, 0.4) is 0 Å². The molecule has 1 amide bonds. The molecule has 1 unspecified atom stereocenters. The molecule has 2 aromatic heterocycles. The van der Waals surface area contributed by atoms with Crippen molar-refractivity contribution in [2.45, 2.75) is 19.4 Å². The van der Waals surface area contributed by atoms with Crippen LogP contribution >= 0.6 is 27.3 Å². The highest BCUT2D eigenvalue weighted by molar-refractivity contribution is 9.10. The molecule has 1 N–H and O–H groups in total. The third kappa shape index (κ3) is 3.30. The Balaban J connectivity index is 1.83. The summed E-state index contributed by atoms with van der Waals surface area (Å²) in [4.78, 5) is 28.4. The Morgan fingerprint density at radius 3 is 2.76 bits per heavy atom. The summed E-state index contributed by atoms with van der Waals surface area (Å²) in [5.41, 5.74) is 0.0750. The Bertz CT molecular complexity index is 1500. The predicted molar refractivity (Wildman–Crippen MR) is 123 cm³/mol. The molecule has 2 aromatic carbocycles. The highest BCUT2D eigenvalue weighted by Gasteiger charge is 2.45. The smallest absolute Gasteiger partial charge is 0.297 e. The molecule has 0 saturated carbocycles. The van der Waals surface area contributed by atoms with E-state index in [0.29, 0.717) is 21.5 Å². The van der Waals surface area contributed by atoms with E-state index in [2.05, 4.69) is 26.1 Å². The molecule has 1 atom stereocenters. The second kappa shape index (κ2) is 7.92. The molecule has 1 aliphatic heterocycles. The van der Waals surface area contributed by atoms with E-state index in [1.165, 1.54) is 35.5 Å². The number of hydrogen-bond donors (Lipinski definition) is 1. The van der Waals surface area contributed by atoms with E-state index in [4.69, 9.17) is 9.15 Å². The largest absolute Gasteiger partial charge is 0.503 e. The average Bonchev–Trinajstić information content (AvgIpc) is 3.39. The van der Waals surface area contributed by atoms with Gasteiger partial charge in [0.05, 0.1) is 28.6 Å². The quantitative estimate of drug-likeness (QED) is 0.411. The maximum atomic E-state index is 13.9. The van der Waals surface area contributed by atoms with Crippen molar-refractivity contribution < 1.29 is 23.4 Å². The van der Waals surface area contributed by atoms with Crippen LogP contribution in [-0.2, 0) is 6.42 Å². The number of halogens is 2. The van der Waals surface area contributed by atoms with Gasteiger partial charge in [0.1, 0.15) is 16.4 Å². The molecule has 0 aliphatic carbocycles. The maximum Gasteiger partial charge on any atom is 0.297 e. The minimum Gasteiger partial charge on any atom is -0.503 e. The summed E-state index contributed by atoms with van der Waals surface area (Å²) < 4.78 is 25.3. The summed E-state index contributed by atoms with van der Waals surface area (Å²) >= 11 is 4.51. The van der Waals surface area contributed by atoms with E-state index < -0.39 is 23.2 Å². The fourth-order valence-electron chi connectivity index (χ4n) is 3.85. The first kappa shape index (κ1) is 21.5. The van der Waals surface area contributed by atoms with Gasteiger partial charge in [0, 0.05) is 0 Å². The van der Waals surface area contributed by atoms with Crippen LogP contribution in [0.1, 0.15) is 39.7 Å². The number of phenols is 1. The lowest BCUT2D eigenvalue weighted by Crippen LogP contribution is -2.29. The molecule has 3 heterocycles. The van der Waals surface area contributed by atoms with Crippen LogP contribution in [0.25, 0.3) is 11.0 Å². The van der Waals surface area contributed by atoms with Crippen molar-refractivity contribution in [1.29, 1.82) is 0 Å². The van der Waals surface area contributed by atoms with Crippen LogP contribution in [0, 0.1) is 5.82 Å². The summed E-state index contributed by atoms with van der Waals surface area (Å²) in [6.45, 7) is 1.91. The molecule has 8 nitrogen and oxygen atoms in total. The molecular formula is C22H15BrFN3O5S. The summed E-state index contributed by atoms with van der Waals surface area (Å²) in [5.74, 6) is -1.31.